The fraction of sp³-hybridized carbons (Fsp3) is 0.333. The third-order valence-corrected chi connectivity index (χ3v) is 2.44. The maximum atomic E-state index is 13.7. The fourth-order valence-corrected chi connectivity index (χ4v) is 1.45. The van der Waals surface area contributed by atoms with Gasteiger partial charge in [0.25, 0.3) is 5.91 Å². The van der Waals surface area contributed by atoms with Crippen LogP contribution in [0.2, 0.25) is 0 Å². The van der Waals surface area contributed by atoms with Crippen molar-refractivity contribution < 1.29 is 28.6 Å². The van der Waals surface area contributed by atoms with Crippen LogP contribution in [0.5, 0.6) is 11.5 Å². The summed E-state index contributed by atoms with van der Waals surface area (Å²) in [6.07, 6.45) is 0. The number of amides is 1. The van der Waals surface area contributed by atoms with Crippen LogP contribution in [-0.4, -0.2) is 37.2 Å². The van der Waals surface area contributed by atoms with E-state index in [2.05, 4.69) is 5.32 Å². The lowest BCUT2D eigenvalue weighted by Crippen LogP contribution is -2.38. The van der Waals surface area contributed by atoms with Crippen LogP contribution in [0.3, 0.4) is 0 Å². The highest BCUT2D eigenvalue weighted by atomic mass is 19.1. The van der Waals surface area contributed by atoms with Gasteiger partial charge in [-0.05, 0) is 19.1 Å². The molecule has 19 heavy (non-hydrogen) atoms. The van der Waals surface area contributed by atoms with E-state index in [0.717, 1.165) is 6.07 Å². The molecule has 0 saturated carbocycles. The van der Waals surface area contributed by atoms with Crippen molar-refractivity contribution in [2.75, 3.05) is 14.2 Å². The number of aliphatic carboxylic acids is 1. The first-order chi connectivity index (χ1) is 8.92. The Balaban J connectivity index is 3.18. The highest BCUT2D eigenvalue weighted by Gasteiger charge is 2.24. The van der Waals surface area contributed by atoms with Gasteiger partial charge in [-0.15, -0.1) is 0 Å². The van der Waals surface area contributed by atoms with Crippen molar-refractivity contribution in [3.05, 3.63) is 23.5 Å². The lowest BCUT2D eigenvalue weighted by Gasteiger charge is -2.14. The highest BCUT2D eigenvalue weighted by molar-refractivity contribution is 5.99. The van der Waals surface area contributed by atoms with Crippen LogP contribution in [0, 0.1) is 5.82 Å². The number of halogens is 1. The number of methoxy groups -OCH3 is 2. The van der Waals surface area contributed by atoms with E-state index in [1.807, 2.05) is 0 Å². The second-order valence-corrected chi connectivity index (χ2v) is 3.69. The molecule has 1 rings (SSSR count). The molecule has 0 spiro atoms. The van der Waals surface area contributed by atoms with Gasteiger partial charge in [-0.1, -0.05) is 0 Å². The van der Waals surface area contributed by atoms with E-state index in [9.17, 15) is 14.0 Å². The molecule has 0 aliphatic rings. The number of benzene rings is 1. The SMILES string of the molecule is COc1ccc(F)c(C(=O)NC(C)C(=O)O)c1OC. The van der Waals surface area contributed by atoms with Crippen molar-refractivity contribution >= 4 is 11.9 Å². The van der Waals surface area contributed by atoms with Crippen LogP contribution in [0.4, 0.5) is 4.39 Å². The fourth-order valence-electron chi connectivity index (χ4n) is 1.45. The first-order valence-corrected chi connectivity index (χ1v) is 5.36. The summed E-state index contributed by atoms with van der Waals surface area (Å²) in [6.45, 7) is 1.27. The second-order valence-electron chi connectivity index (χ2n) is 3.69. The van der Waals surface area contributed by atoms with Crippen molar-refractivity contribution in [3.63, 3.8) is 0 Å². The van der Waals surface area contributed by atoms with Crippen molar-refractivity contribution in [3.8, 4) is 11.5 Å². The minimum Gasteiger partial charge on any atom is -0.493 e. The minimum absolute atomic E-state index is 0.0856. The number of carboxylic acids is 1. The molecular weight excluding hydrogens is 257 g/mol. The van der Waals surface area contributed by atoms with Crippen LogP contribution >= 0.6 is 0 Å². The van der Waals surface area contributed by atoms with E-state index >= 15 is 0 Å². The second kappa shape index (κ2) is 6.03. The predicted octanol–water partition coefficient (Wildman–Crippen LogP) is 1.05. The normalized spacial score (nSPS) is 11.6. The van der Waals surface area contributed by atoms with Gasteiger partial charge in [-0.25, -0.2) is 4.39 Å². The number of rotatable bonds is 5. The third kappa shape index (κ3) is 3.12. The molecule has 2 N–H and O–H groups in total. The Morgan fingerprint density at radius 3 is 2.42 bits per heavy atom. The lowest BCUT2D eigenvalue weighted by molar-refractivity contribution is -0.138. The summed E-state index contributed by atoms with van der Waals surface area (Å²) in [4.78, 5) is 22.5. The molecule has 0 fully saturated rings. The van der Waals surface area contributed by atoms with E-state index in [0.29, 0.717) is 0 Å². The predicted molar refractivity (Wildman–Crippen MR) is 64.1 cm³/mol. The zero-order valence-electron chi connectivity index (χ0n) is 10.7. The molecule has 104 valence electrons. The number of nitrogens with one attached hydrogen (secondary N) is 1. The zero-order valence-corrected chi connectivity index (χ0v) is 10.7. The molecule has 0 aliphatic heterocycles. The molecule has 0 bridgehead atoms. The molecule has 1 atom stereocenters. The van der Waals surface area contributed by atoms with Gasteiger partial charge in [0.15, 0.2) is 11.5 Å². The number of carbonyl (C=O) groups excluding carboxylic acids is 1. The molecule has 0 heterocycles. The first kappa shape index (κ1) is 14.7. The van der Waals surface area contributed by atoms with Crippen molar-refractivity contribution in [2.24, 2.45) is 0 Å². The average Bonchev–Trinajstić information content (AvgIpc) is 2.37. The summed E-state index contributed by atoms with van der Waals surface area (Å²) in [5, 5.41) is 10.9. The Bertz CT molecular complexity index is 503. The summed E-state index contributed by atoms with van der Waals surface area (Å²) in [5.41, 5.74) is -0.394. The smallest absolute Gasteiger partial charge is 0.325 e. The molecule has 6 nitrogen and oxygen atoms in total. The van der Waals surface area contributed by atoms with Crippen molar-refractivity contribution in [1.29, 1.82) is 0 Å². The van der Waals surface area contributed by atoms with E-state index < -0.39 is 29.3 Å². The first-order valence-electron chi connectivity index (χ1n) is 5.36. The lowest BCUT2D eigenvalue weighted by atomic mass is 10.1. The Morgan fingerprint density at radius 1 is 1.32 bits per heavy atom. The Labute approximate surface area is 109 Å². The van der Waals surface area contributed by atoms with E-state index in [-0.39, 0.29) is 11.5 Å². The zero-order chi connectivity index (χ0) is 14.6. The molecule has 0 aliphatic carbocycles. The Kier molecular flexibility index (Phi) is 4.68. The van der Waals surface area contributed by atoms with Gasteiger partial charge in [0.05, 0.1) is 14.2 Å². The van der Waals surface area contributed by atoms with Gasteiger partial charge < -0.3 is 19.9 Å². The van der Waals surface area contributed by atoms with Gasteiger partial charge in [0, 0.05) is 0 Å². The molecule has 0 aromatic heterocycles. The number of ether oxygens (including phenoxy) is 2. The van der Waals surface area contributed by atoms with Gasteiger partial charge in [0.1, 0.15) is 17.4 Å². The molecule has 0 saturated heterocycles. The molecule has 0 radical (unpaired) electrons. The van der Waals surface area contributed by atoms with Crippen molar-refractivity contribution in [2.45, 2.75) is 13.0 Å². The Morgan fingerprint density at radius 2 is 1.95 bits per heavy atom. The van der Waals surface area contributed by atoms with E-state index in [1.165, 1.54) is 27.2 Å². The summed E-state index contributed by atoms with van der Waals surface area (Å²) >= 11 is 0. The average molecular weight is 271 g/mol. The minimum atomic E-state index is -1.23. The highest BCUT2D eigenvalue weighted by Crippen LogP contribution is 2.32. The molecule has 1 unspecified atom stereocenters. The maximum absolute atomic E-state index is 13.7. The summed E-state index contributed by atoms with van der Waals surface area (Å²) < 4.78 is 23.6. The molecular formula is C12H14FNO5. The maximum Gasteiger partial charge on any atom is 0.325 e. The monoisotopic (exact) mass is 271 g/mol. The number of carboxylic acid groups (broad SMARTS) is 1. The number of hydrogen-bond donors (Lipinski definition) is 2. The molecule has 7 heteroatoms. The summed E-state index contributed by atoms with van der Waals surface area (Å²) in [5.74, 6) is -2.85. The van der Waals surface area contributed by atoms with Crippen LogP contribution in [-0.2, 0) is 4.79 Å². The summed E-state index contributed by atoms with van der Waals surface area (Å²) in [6, 6.07) is 1.20. The van der Waals surface area contributed by atoms with Crippen LogP contribution in [0.15, 0.2) is 12.1 Å². The van der Waals surface area contributed by atoms with Crippen LogP contribution in [0.25, 0.3) is 0 Å². The third-order valence-electron chi connectivity index (χ3n) is 2.44. The van der Waals surface area contributed by atoms with Gasteiger partial charge >= 0.3 is 5.97 Å². The quantitative estimate of drug-likeness (QED) is 0.836. The van der Waals surface area contributed by atoms with Gasteiger partial charge in [-0.2, -0.15) is 0 Å². The topological polar surface area (TPSA) is 84.9 Å². The Hall–Kier alpha value is -2.31. The van der Waals surface area contributed by atoms with Gasteiger partial charge in [0.2, 0.25) is 0 Å². The molecule has 1 amide bonds. The molecule has 1 aromatic carbocycles. The van der Waals surface area contributed by atoms with Gasteiger partial charge in [-0.3, -0.25) is 9.59 Å². The standard InChI is InChI=1S/C12H14FNO5/c1-6(12(16)17)14-11(15)9-7(13)4-5-8(18-2)10(9)19-3/h4-6H,1-3H3,(H,14,15)(H,16,17). The van der Waals surface area contributed by atoms with E-state index in [4.69, 9.17) is 14.6 Å². The number of hydrogen-bond acceptors (Lipinski definition) is 4. The van der Waals surface area contributed by atoms with Crippen molar-refractivity contribution in [1.82, 2.24) is 5.32 Å². The van der Waals surface area contributed by atoms with Crippen LogP contribution in [0.1, 0.15) is 17.3 Å². The van der Waals surface area contributed by atoms with Crippen LogP contribution < -0.4 is 14.8 Å². The largest absolute Gasteiger partial charge is 0.493 e. The summed E-state index contributed by atoms with van der Waals surface area (Å²) in [7, 11) is 2.60. The van der Waals surface area contributed by atoms with E-state index in [1.54, 1.807) is 0 Å². The molecule has 1 aromatic rings. The number of carbonyl (C=O) groups is 2.